The van der Waals surface area contributed by atoms with E-state index in [0.29, 0.717) is 18.1 Å². The first-order valence-electron chi connectivity index (χ1n) is 6.07. The van der Waals surface area contributed by atoms with Crippen molar-refractivity contribution in [3.8, 4) is 11.5 Å². The van der Waals surface area contributed by atoms with Gasteiger partial charge in [-0.05, 0) is 18.6 Å². The minimum Gasteiger partial charge on any atom is -0.490 e. The van der Waals surface area contributed by atoms with E-state index in [9.17, 15) is 4.39 Å². The monoisotopic (exact) mass is 265 g/mol. The molecule has 0 radical (unpaired) electrons. The van der Waals surface area contributed by atoms with Crippen molar-refractivity contribution in [1.82, 2.24) is 0 Å². The first-order chi connectivity index (χ1) is 9.20. The van der Waals surface area contributed by atoms with E-state index < -0.39 is 5.82 Å². The van der Waals surface area contributed by atoms with Gasteiger partial charge in [0.1, 0.15) is 18.1 Å². The van der Waals surface area contributed by atoms with Crippen LogP contribution in [0.25, 0.3) is 0 Å². The van der Waals surface area contributed by atoms with Crippen molar-refractivity contribution in [2.75, 3.05) is 12.3 Å². The Bertz CT molecular complexity index is 526. The second-order valence-electron chi connectivity index (χ2n) is 4.04. The van der Waals surface area contributed by atoms with Crippen LogP contribution >= 0.6 is 0 Å². The number of halogens is 1. The summed E-state index contributed by atoms with van der Waals surface area (Å²) in [5.41, 5.74) is 5.94. The molecule has 0 aliphatic rings. The number of hydrogen-bond donors (Lipinski definition) is 1. The fraction of sp³-hybridized carbons (Fsp3) is 0.286. The van der Waals surface area contributed by atoms with E-state index in [-0.39, 0.29) is 18.0 Å². The highest BCUT2D eigenvalue weighted by Gasteiger charge is 2.10. The third kappa shape index (κ3) is 3.40. The lowest BCUT2D eigenvalue weighted by Crippen LogP contribution is -2.02. The van der Waals surface area contributed by atoms with Crippen LogP contribution in [0.2, 0.25) is 0 Å². The molecule has 0 atom stereocenters. The summed E-state index contributed by atoms with van der Waals surface area (Å²) in [4.78, 5) is 0. The first-order valence-corrected chi connectivity index (χ1v) is 6.07. The summed E-state index contributed by atoms with van der Waals surface area (Å²) in [6, 6.07) is 6.21. The molecule has 5 heteroatoms. The summed E-state index contributed by atoms with van der Waals surface area (Å²) < 4.78 is 29.5. The van der Waals surface area contributed by atoms with Crippen molar-refractivity contribution in [2.24, 2.45) is 0 Å². The van der Waals surface area contributed by atoms with Gasteiger partial charge in [-0.15, -0.1) is 0 Å². The summed E-state index contributed by atoms with van der Waals surface area (Å²) in [5.74, 6) is 0.699. The van der Waals surface area contributed by atoms with Crippen LogP contribution in [0.4, 0.5) is 10.1 Å². The average Bonchev–Trinajstić information content (AvgIpc) is 2.90. The Morgan fingerprint density at radius 3 is 2.79 bits per heavy atom. The van der Waals surface area contributed by atoms with E-state index in [2.05, 4.69) is 0 Å². The molecule has 1 aromatic heterocycles. The summed E-state index contributed by atoms with van der Waals surface area (Å²) in [7, 11) is 0. The molecular weight excluding hydrogens is 249 g/mol. The van der Waals surface area contributed by atoms with Gasteiger partial charge >= 0.3 is 0 Å². The normalized spacial score (nSPS) is 10.4. The lowest BCUT2D eigenvalue weighted by Gasteiger charge is -2.11. The fourth-order valence-corrected chi connectivity index (χ4v) is 1.54. The highest BCUT2D eigenvalue weighted by Crippen LogP contribution is 2.30. The number of nitrogen functional groups attached to an aromatic ring is 1. The van der Waals surface area contributed by atoms with Gasteiger partial charge in [-0.3, -0.25) is 0 Å². The van der Waals surface area contributed by atoms with Gasteiger partial charge in [-0.1, -0.05) is 6.92 Å². The van der Waals surface area contributed by atoms with E-state index in [4.69, 9.17) is 19.6 Å². The molecule has 2 rings (SSSR count). The van der Waals surface area contributed by atoms with Crippen LogP contribution in [-0.4, -0.2) is 6.61 Å². The van der Waals surface area contributed by atoms with Crippen molar-refractivity contribution < 1.29 is 18.3 Å². The molecule has 0 spiro atoms. The highest BCUT2D eigenvalue weighted by molar-refractivity contribution is 5.56. The zero-order valence-corrected chi connectivity index (χ0v) is 10.7. The number of ether oxygens (including phenoxy) is 2. The van der Waals surface area contributed by atoms with Gasteiger partial charge in [0.25, 0.3) is 0 Å². The quantitative estimate of drug-likeness (QED) is 0.813. The number of furan rings is 1. The topological polar surface area (TPSA) is 57.6 Å². The van der Waals surface area contributed by atoms with Crippen molar-refractivity contribution in [2.45, 2.75) is 20.0 Å². The van der Waals surface area contributed by atoms with Gasteiger partial charge < -0.3 is 19.6 Å². The van der Waals surface area contributed by atoms with Gasteiger partial charge in [0.2, 0.25) is 0 Å². The lowest BCUT2D eigenvalue weighted by atomic mass is 10.2. The minimum absolute atomic E-state index is 0.144. The number of nitrogens with two attached hydrogens (primary N) is 1. The second-order valence-corrected chi connectivity index (χ2v) is 4.04. The van der Waals surface area contributed by atoms with Crippen LogP contribution in [0.1, 0.15) is 19.1 Å². The highest BCUT2D eigenvalue weighted by atomic mass is 19.1. The van der Waals surface area contributed by atoms with Crippen LogP contribution in [0, 0.1) is 5.82 Å². The summed E-state index contributed by atoms with van der Waals surface area (Å²) in [6.45, 7) is 2.62. The SMILES string of the molecule is CCCOc1cc(OCc2ccco2)c(N)cc1F. The van der Waals surface area contributed by atoms with Gasteiger partial charge in [0.05, 0.1) is 18.6 Å². The van der Waals surface area contributed by atoms with Crippen molar-refractivity contribution in [1.29, 1.82) is 0 Å². The first kappa shape index (κ1) is 13.3. The summed E-state index contributed by atoms with van der Waals surface area (Å²) in [6.07, 6.45) is 2.36. The van der Waals surface area contributed by atoms with E-state index in [1.54, 1.807) is 18.4 Å². The Labute approximate surface area is 110 Å². The standard InChI is InChI=1S/C14H16FNO3/c1-2-5-18-13-8-14(12(16)7-11(13)15)19-9-10-4-3-6-17-10/h3-4,6-8H,2,5,9,16H2,1H3. The fourth-order valence-electron chi connectivity index (χ4n) is 1.54. The molecule has 102 valence electrons. The summed E-state index contributed by atoms with van der Waals surface area (Å²) >= 11 is 0. The third-order valence-corrected chi connectivity index (χ3v) is 2.48. The van der Waals surface area contributed by atoms with Crippen LogP contribution in [-0.2, 0) is 6.61 Å². The maximum Gasteiger partial charge on any atom is 0.167 e. The molecule has 0 saturated heterocycles. The molecule has 4 nitrogen and oxygen atoms in total. The molecule has 0 aliphatic heterocycles. The van der Waals surface area contributed by atoms with Gasteiger partial charge in [-0.2, -0.15) is 0 Å². The summed E-state index contributed by atoms with van der Waals surface area (Å²) in [5, 5.41) is 0. The van der Waals surface area contributed by atoms with Crippen molar-refractivity contribution >= 4 is 5.69 Å². The molecule has 2 N–H and O–H groups in total. The van der Waals surface area contributed by atoms with Gasteiger partial charge in [0, 0.05) is 12.1 Å². The number of anilines is 1. The maximum absolute atomic E-state index is 13.6. The second kappa shape index (κ2) is 6.13. The Morgan fingerprint density at radius 2 is 2.11 bits per heavy atom. The Hall–Kier alpha value is -2.17. The van der Waals surface area contributed by atoms with Crippen LogP contribution in [0.5, 0.6) is 11.5 Å². The smallest absolute Gasteiger partial charge is 0.167 e. The van der Waals surface area contributed by atoms with Crippen LogP contribution in [0.15, 0.2) is 34.9 Å². The molecule has 1 heterocycles. The van der Waals surface area contributed by atoms with Crippen LogP contribution < -0.4 is 15.2 Å². The third-order valence-electron chi connectivity index (χ3n) is 2.48. The molecule has 0 amide bonds. The number of hydrogen-bond acceptors (Lipinski definition) is 4. The molecule has 0 saturated carbocycles. The van der Waals surface area contributed by atoms with E-state index in [1.807, 2.05) is 6.92 Å². The number of benzene rings is 1. The lowest BCUT2D eigenvalue weighted by molar-refractivity contribution is 0.265. The molecule has 0 fully saturated rings. The van der Waals surface area contributed by atoms with E-state index in [1.165, 1.54) is 12.1 Å². The molecule has 0 unspecified atom stereocenters. The molecule has 1 aromatic carbocycles. The molecule has 0 aliphatic carbocycles. The predicted molar refractivity (Wildman–Crippen MR) is 69.6 cm³/mol. The molecule has 2 aromatic rings. The van der Waals surface area contributed by atoms with Crippen LogP contribution in [0.3, 0.4) is 0 Å². The maximum atomic E-state index is 13.6. The van der Waals surface area contributed by atoms with E-state index in [0.717, 1.165) is 6.42 Å². The average molecular weight is 265 g/mol. The Morgan fingerprint density at radius 1 is 1.26 bits per heavy atom. The zero-order valence-electron chi connectivity index (χ0n) is 10.7. The molecule has 19 heavy (non-hydrogen) atoms. The number of rotatable bonds is 6. The Kier molecular flexibility index (Phi) is 4.28. The van der Waals surface area contributed by atoms with Crippen molar-refractivity contribution in [3.05, 3.63) is 42.1 Å². The largest absolute Gasteiger partial charge is 0.490 e. The van der Waals surface area contributed by atoms with E-state index >= 15 is 0 Å². The zero-order chi connectivity index (χ0) is 13.7. The van der Waals surface area contributed by atoms with Gasteiger partial charge in [0.15, 0.2) is 11.6 Å². The van der Waals surface area contributed by atoms with Crippen molar-refractivity contribution in [3.63, 3.8) is 0 Å². The predicted octanol–water partition coefficient (Wildman–Crippen LogP) is 3.37. The Balaban J connectivity index is 2.10. The minimum atomic E-state index is -0.490. The molecule has 0 bridgehead atoms. The molecular formula is C14H16FNO3. The van der Waals surface area contributed by atoms with Gasteiger partial charge in [-0.25, -0.2) is 4.39 Å².